The second-order valence-corrected chi connectivity index (χ2v) is 4.76. The molecule has 0 aliphatic carbocycles. The zero-order chi connectivity index (χ0) is 17.7. The van der Waals surface area contributed by atoms with E-state index in [9.17, 15) is 20.0 Å². The van der Waals surface area contributed by atoms with Gasteiger partial charge in [0.15, 0.2) is 5.78 Å². The first kappa shape index (κ1) is 17.0. The smallest absolute Gasteiger partial charge is 0.270 e. The molecule has 124 valence electrons. The van der Waals surface area contributed by atoms with Gasteiger partial charge in [-0.05, 0) is 30.4 Å². The molecule has 0 atom stereocenters. The van der Waals surface area contributed by atoms with Gasteiger partial charge in [-0.1, -0.05) is 0 Å². The molecule has 0 unspecified atom stereocenters. The number of nitrogens with zero attached hydrogens (tertiary/aromatic N) is 1. The molecule has 2 aromatic carbocycles. The quantitative estimate of drug-likeness (QED) is 0.378. The van der Waals surface area contributed by atoms with Crippen LogP contribution in [0, 0.1) is 10.1 Å². The number of carbonyl (C=O) groups excluding carboxylic acids is 1. The van der Waals surface area contributed by atoms with Crippen molar-refractivity contribution in [2.45, 2.75) is 0 Å². The SMILES string of the molecule is COc1ccc(C(=O)/C=C/c2cc([N+](=O)[O-])ccc2O)c(OC)c1. The number of nitro benzene ring substituents is 1. The van der Waals surface area contributed by atoms with Gasteiger partial charge in [-0.3, -0.25) is 14.9 Å². The van der Waals surface area contributed by atoms with E-state index in [-0.39, 0.29) is 22.8 Å². The predicted molar refractivity (Wildman–Crippen MR) is 87.7 cm³/mol. The van der Waals surface area contributed by atoms with Gasteiger partial charge >= 0.3 is 0 Å². The first-order valence-electron chi connectivity index (χ1n) is 6.88. The normalized spacial score (nSPS) is 10.6. The lowest BCUT2D eigenvalue weighted by Gasteiger charge is -2.08. The van der Waals surface area contributed by atoms with Crippen molar-refractivity contribution in [3.05, 3.63) is 63.7 Å². The fourth-order valence-electron chi connectivity index (χ4n) is 2.05. The molecule has 0 aliphatic rings. The lowest BCUT2D eigenvalue weighted by atomic mass is 10.1. The van der Waals surface area contributed by atoms with Crippen molar-refractivity contribution < 1.29 is 24.3 Å². The summed E-state index contributed by atoms with van der Waals surface area (Å²) in [4.78, 5) is 22.5. The molecule has 1 N–H and O–H groups in total. The van der Waals surface area contributed by atoms with Crippen molar-refractivity contribution >= 4 is 17.5 Å². The lowest BCUT2D eigenvalue weighted by molar-refractivity contribution is -0.384. The third-order valence-electron chi connectivity index (χ3n) is 3.31. The van der Waals surface area contributed by atoms with Crippen LogP contribution in [-0.2, 0) is 0 Å². The number of ketones is 1. The minimum atomic E-state index is -0.578. The number of hydrogen-bond acceptors (Lipinski definition) is 6. The molecule has 0 radical (unpaired) electrons. The van der Waals surface area contributed by atoms with Gasteiger partial charge < -0.3 is 14.6 Å². The highest BCUT2D eigenvalue weighted by Gasteiger charge is 2.12. The molecule has 0 amide bonds. The summed E-state index contributed by atoms with van der Waals surface area (Å²) >= 11 is 0. The molecule has 0 saturated carbocycles. The number of aromatic hydroxyl groups is 1. The number of benzene rings is 2. The second kappa shape index (κ2) is 7.28. The summed E-state index contributed by atoms with van der Waals surface area (Å²) in [6, 6.07) is 8.32. The van der Waals surface area contributed by atoms with Gasteiger partial charge in [-0.25, -0.2) is 0 Å². The van der Waals surface area contributed by atoms with E-state index >= 15 is 0 Å². The number of allylic oxidation sites excluding steroid dienone is 1. The molecule has 2 aromatic rings. The average Bonchev–Trinajstić information content (AvgIpc) is 2.59. The minimum absolute atomic E-state index is 0.161. The molecule has 0 fully saturated rings. The molecule has 24 heavy (non-hydrogen) atoms. The highest BCUT2D eigenvalue weighted by Crippen LogP contribution is 2.27. The topological polar surface area (TPSA) is 98.9 Å². The van der Waals surface area contributed by atoms with Gasteiger partial charge in [-0.2, -0.15) is 0 Å². The van der Waals surface area contributed by atoms with Crippen LogP contribution in [0.25, 0.3) is 6.08 Å². The summed E-state index contributed by atoms with van der Waals surface area (Å²) < 4.78 is 10.2. The summed E-state index contributed by atoms with van der Waals surface area (Å²) in [5.74, 6) is 0.350. The van der Waals surface area contributed by atoms with Crippen LogP contribution < -0.4 is 9.47 Å². The number of rotatable bonds is 6. The number of carbonyl (C=O) groups is 1. The third kappa shape index (κ3) is 3.70. The maximum atomic E-state index is 12.3. The monoisotopic (exact) mass is 329 g/mol. The van der Waals surface area contributed by atoms with Gasteiger partial charge in [0.2, 0.25) is 0 Å². The Morgan fingerprint density at radius 1 is 1.17 bits per heavy atom. The Morgan fingerprint density at radius 3 is 2.54 bits per heavy atom. The Kier molecular flexibility index (Phi) is 5.16. The van der Waals surface area contributed by atoms with E-state index in [0.717, 1.165) is 0 Å². The standard InChI is InChI=1S/C17H15NO6/c1-23-13-5-6-14(17(10-13)24-2)16(20)7-3-11-9-12(18(21)22)4-8-15(11)19/h3-10,19H,1-2H3/b7-3+. The molecule has 2 rings (SSSR count). The van der Waals surface area contributed by atoms with Crippen molar-refractivity contribution in [1.82, 2.24) is 0 Å². The minimum Gasteiger partial charge on any atom is -0.507 e. The molecule has 0 aliphatic heterocycles. The van der Waals surface area contributed by atoms with E-state index in [1.165, 1.54) is 44.6 Å². The van der Waals surface area contributed by atoms with Crippen LogP contribution in [0.3, 0.4) is 0 Å². The van der Waals surface area contributed by atoms with Crippen LogP contribution in [0.2, 0.25) is 0 Å². The number of nitro groups is 1. The number of phenols is 1. The summed E-state index contributed by atoms with van der Waals surface area (Å²) in [6.45, 7) is 0. The van der Waals surface area contributed by atoms with Crippen molar-refractivity contribution in [2.24, 2.45) is 0 Å². The Morgan fingerprint density at radius 2 is 1.92 bits per heavy atom. The van der Waals surface area contributed by atoms with Crippen LogP contribution in [-0.4, -0.2) is 30.0 Å². The Hall–Kier alpha value is -3.35. The Balaban J connectivity index is 2.31. The van der Waals surface area contributed by atoms with Crippen LogP contribution >= 0.6 is 0 Å². The number of methoxy groups -OCH3 is 2. The van der Waals surface area contributed by atoms with Crippen molar-refractivity contribution in [2.75, 3.05) is 14.2 Å². The third-order valence-corrected chi connectivity index (χ3v) is 3.31. The summed E-state index contributed by atoms with van der Waals surface area (Å²) in [7, 11) is 2.93. The van der Waals surface area contributed by atoms with Gasteiger partial charge in [-0.15, -0.1) is 0 Å². The van der Waals surface area contributed by atoms with Gasteiger partial charge in [0.1, 0.15) is 17.2 Å². The van der Waals surface area contributed by atoms with E-state index in [4.69, 9.17) is 9.47 Å². The highest BCUT2D eigenvalue weighted by molar-refractivity contribution is 6.08. The van der Waals surface area contributed by atoms with Gasteiger partial charge in [0.25, 0.3) is 5.69 Å². The maximum Gasteiger partial charge on any atom is 0.270 e. The second-order valence-electron chi connectivity index (χ2n) is 4.76. The zero-order valence-corrected chi connectivity index (χ0v) is 13.1. The number of non-ortho nitro benzene ring substituents is 1. The molecule has 0 saturated heterocycles. The van der Waals surface area contributed by atoms with Crippen molar-refractivity contribution in [1.29, 1.82) is 0 Å². The molecule has 0 heterocycles. The van der Waals surface area contributed by atoms with Crippen LogP contribution in [0.1, 0.15) is 15.9 Å². The lowest BCUT2D eigenvalue weighted by Crippen LogP contribution is -1.99. The summed E-state index contributed by atoms with van der Waals surface area (Å²) in [5, 5.41) is 20.5. The Labute approximate surface area is 137 Å². The Bertz CT molecular complexity index is 813. The number of phenolic OH excluding ortho intramolecular Hbond substituents is 1. The average molecular weight is 329 g/mol. The molecule has 7 heteroatoms. The summed E-state index contributed by atoms with van der Waals surface area (Å²) in [5.41, 5.74) is 0.298. The first-order valence-corrected chi connectivity index (χ1v) is 6.88. The van der Waals surface area contributed by atoms with E-state index in [2.05, 4.69) is 0 Å². The van der Waals surface area contributed by atoms with Crippen LogP contribution in [0.15, 0.2) is 42.5 Å². The molecule has 0 aromatic heterocycles. The van der Waals surface area contributed by atoms with E-state index < -0.39 is 4.92 Å². The van der Waals surface area contributed by atoms with Crippen molar-refractivity contribution in [3.8, 4) is 17.2 Å². The van der Waals surface area contributed by atoms with Crippen LogP contribution in [0.4, 0.5) is 5.69 Å². The van der Waals surface area contributed by atoms with E-state index in [0.29, 0.717) is 17.1 Å². The fourth-order valence-corrected chi connectivity index (χ4v) is 2.05. The van der Waals surface area contributed by atoms with Gasteiger partial charge in [0.05, 0.1) is 24.7 Å². The molecule has 7 nitrogen and oxygen atoms in total. The van der Waals surface area contributed by atoms with Crippen LogP contribution in [0.5, 0.6) is 17.2 Å². The maximum absolute atomic E-state index is 12.3. The first-order chi connectivity index (χ1) is 11.5. The molecule has 0 bridgehead atoms. The molecule has 0 spiro atoms. The van der Waals surface area contributed by atoms with E-state index in [1.807, 2.05) is 0 Å². The molecular weight excluding hydrogens is 314 g/mol. The largest absolute Gasteiger partial charge is 0.507 e. The zero-order valence-electron chi connectivity index (χ0n) is 13.1. The van der Waals surface area contributed by atoms with Crippen molar-refractivity contribution in [3.63, 3.8) is 0 Å². The summed E-state index contributed by atoms with van der Waals surface area (Å²) in [6.07, 6.45) is 2.53. The number of hydrogen-bond donors (Lipinski definition) is 1. The van der Waals surface area contributed by atoms with Gasteiger partial charge in [0, 0.05) is 23.8 Å². The van der Waals surface area contributed by atoms with E-state index in [1.54, 1.807) is 18.2 Å². The molecular formula is C17H15NO6. The highest BCUT2D eigenvalue weighted by atomic mass is 16.6. The fraction of sp³-hybridized carbons (Fsp3) is 0.118. The number of ether oxygens (including phenoxy) is 2. The predicted octanol–water partition coefficient (Wildman–Crippen LogP) is 3.21.